The van der Waals surface area contributed by atoms with Gasteiger partial charge in [0.1, 0.15) is 0 Å². The number of unbranched alkanes of at least 4 members (excludes halogenated alkanes) is 51. The molecule has 2 unspecified atom stereocenters. The summed E-state index contributed by atoms with van der Waals surface area (Å²) >= 11 is 0. The zero-order chi connectivity index (χ0) is 47.7. The van der Waals surface area contributed by atoms with Crippen molar-refractivity contribution < 1.29 is 15.0 Å². The Morgan fingerprint density at radius 2 is 0.561 bits per heavy atom. The third-order valence-corrected chi connectivity index (χ3v) is 14.8. The third-order valence-electron chi connectivity index (χ3n) is 14.8. The quantitative estimate of drug-likeness (QED) is 0.0420. The fraction of sp³-hybridized carbons (Fsp3) is 0.952. The number of hydrogen-bond acceptors (Lipinski definition) is 3. The van der Waals surface area contributed by atoms with Gasteiger partial charge in [-0.05, 0) is 19.3 Å². The van der Waals surface area contributed by atoms with Crippen LogP contribution in [0.2, 0.25) is 0 Å². The van der Waals surface area contributed by atoms with Crippen LogP contribution >= 0.6 is 0 Å². The van der Waals surface area contributed by atoms with E-state index < -0.39 is 12.1 Å². The fourth-order valence-electron chi connectivity index (χ4n) is 10.1. The van der Waals surface area contributed by atoms with Crippen molar-refractivity contribution in [2.24, 2.45) is 0 Å². The lowest BCUT2D eigenvalue weighted by molar-refractivity contribution is -0.123. The van der Waals surface area contributed by atoms with Crippen molar-refractivity contribution in [2.75, 3.05) is 6.61 Å². The summed E-state index contributed by atoms with van der Waals surface area (Å²) in [5.41, 5.74) is 0. The third kappa shape index (κ3) is 54.1. The molecule has 0 aliphatic heterocycles. The van der Waals surface area contributed by atoms with Crippen LogP contribution < -0.4 is 5.32 Å². The van der Waals surface area contributed by atoms with Crippen LogP contribution in [0.1, 0.15) is 361 Å². The van der Waals surface area contributed by atoms with Gasteiger partial charge in [-0.2, -0.15) is 0 Å². The lowest BCUT2D eigenvalue weighted by atomic mass is 10.0. The van der Waals surface area contributed by atoms with E-state index in [1.165, 1.54) is 315 Å². The summed E-state index contributed by atoms with van der Waals surface area (Å²) in [6.07, 6.45) is 76.9. The first kappa shape index (κ1) is 65.1. The van der Waals surface area contributed by atoms with Gasteiger partial charge in [0.05, 0.1) is 18.8 Å². The van der Waals surface area contributed by atoms with Gasteiger partial charge in [0.15, 0.2) is 0 Å². The standard InChI is InChI=1S/C62H123NO3/c1-3-5-7-9-11-13-15-17-19-21-23-25-27-29-30-31-32-33-34-35-37-39-41-43-45-47-49-51-53-55-57-61(65)60(59-64)63-62(66)58-56-54-52-50-48-46-44-42-40-38-36-28-26-24-22-20-18-16-14-12-10-8-6-4-2/h55,57,60-61,64-65H,3-54,56,58-59H2,1-2H3,(H,63,66)/b57-55+. The number of aliphatic hydroxyl groups is 2. The molecule has 394 valence electrons. The topological polar surface area (TPSA) is 69.6 Å². The minimum absolute atomic E-state index is 0.0546. The minimum atomic E-state index is -0.836. The average molecular weight is 931 g/mol. The van der Waals surface area contributed by atoms with Crippen molar-refractivity contribution in [1.82, 2.24) is 5.32 Å². The van der Waals surface area contributed by atoms with E-state index in [0.29, 0.717) is 6.42 Å². The number of hydrogen-bond donors (Lipinski definition) is 3. The van der Waals surface area contributed by atoms with Crippen LogP contribution in [0.5, 0.6) is 0 Å². The lowest BCUT2D eigenvalue weighted by Gasteiger charge is -2.20. The molecule has 0 rings (SSSR count). The zero-order valence-electron chi connectivity index (χ0n) is 45.5. The molecule has 0 saturated heterocycles. The molecule has 0 radical (unpaired) electrons. The van der Waals surface area contributed by atoms with Crippen molar-refractivity contribution in [3.63, 3.8) is 0 Å². The number of nitrogens with one attached hydrogen (secondary N) is 1. The largest absolute Gasteiger partial charge is 0.394 e. The summed E-state index contributed by atoms with van der Waals surface area (Å²) < 4.78 is 0. The van der Waals surface area contributed by atoms with Gasteiger partial charge in [0.25, 0.3) is 0 Å². The molecule has 0 aliphatic carbocycles. The van der Waals surface area contributed by atoms with Crippen LogP contribution in [-0.2, 0) is 4.79 Å². The van der Waals surface area contributed by atoms with E-state index in [1.807, 2.05) is 6.08 Å². The molecule has 0 heterocycles. The second-order valence-corrected chi connectivity index (χ2v) is 21.5. The molecule has 0 saturated carbocycles. The van der Waals surface area contributed by atoms with Gasteiger partial charge in [-0.25, -0.2) is 0 Å². The highest BCUT2D eigenvalue weighted by molar-refractivity contribution is 5.76. The normalized spacial score (nSPS) is 12.7. The smallest absolute Gasteiger partial charge is 0.220 e. The van der Waals surface area contributed by atoms with E-state index in [0.717, 1.165) is 25.7 Å². The van der Waals surface area contributed by atoms with Crippen molar-refractivity contribution in [3.05, 3.63) is 12.2 Å². The summed E-state index contributed by atoms with van der Waals surface area (Å²) in [4.78, 5) is 12.5. The molecule has 1 amide bonds. The maximum absolute atomic E-state index is 12.5. The Morgan fingerprint density at radius 3 is 0.788 bits per heavy atom. The Kier molecular flexibility index (Phi) is 57.7. The van der Waals surface area contributed by atoms with Crippen LogP contribution in [0.15, 0.2) is 12.2 Å². The van der Waals surface area contributed by atoms with Crippen molar-refractivity contribution in [2.45, 2.75) is 373 Å². The molecule has 0 fully saturated rings. The molecule has 4 nitrogen and oxygen atoms in total. The van der Waals surface area contributed by atoms with Gasteiger partial charge < -0.3 is 15.5 Å². The van der Waals surface area contributed by atoms with Gasteiger partial charge >= 0.3 is 0 Å². The first-order valence-electron chi connectivity index (χ1n) is 30.9. The molecular weight excluding hydrogens is 807 g/mol. The van der Waals surface area contributed by atoms with Gasteiger partial charge in [-0.15, -0.1) is 0 Å². The number of amides is 1. The highest BCUT2D eigenvalue weighted by Crippen LogP contribution is 2.19. The van der Waals surface area contributed by atoms with Crippen LogP contribution in [0.4, 0.5) is 0 Å². The molecule has 0 spiro atoms. The maximum Gasteiger partial charge on any atom is 0.220 e. The van der Waals surface area contributed by atoms with Crippen LogP contribution in [0.25, 0.3) is 0 Å². The summed E-state index contributed by atoms with van der Waals surface area (Å²) in [6, 6.07) is -0.619. The predicted molar refractivity (Wildman–Crippen MR) is 295 cm³/mol. The van der Waals surface area contributed by atoms with Crippen molar-refractivity contribution in [3.8, 4) is 0 Å². The van der Waals surface area contributed by atoms with Crippen LogP contribution in [-0.4, -0.2) is 34.9 Å². The van der Waals surface area contributed by atoms with E-state index in [-0.39, 0.29) is 12.5 Å². The number of allylic oxidation sites excluding steroid dienone is 1. The fourth-order valence-corrected chi connectivity index (χ4v) is 10.1. The second kappa shape index (κ2) is 58.4. The van der Waals surface area contributed by atoms with E-state index >= 15 is 0 Å². The number of carbonyl (C=O) groups is 1. The monoisotopic (exact) mass is 930 g/mol. The van der Waals surface area contributed by atoms with Gasteiger partial charge in [-0.3, -0.25) is 4.79 Å². The zero-order valence-corrected chi connectivity index (χ0v) is 45.5. The molecule has 3 N–H and O–H groups in total. The maximum atomic E-state index is 12.5. The average Bonchev–Trinajstić information content (AvgIpc) is 3.32. The Morgan fingerprint density at radius 1 is 0.348 bits per heavy atom. The van der Waals surface area contributed by atoms with Crippen LogP contribution in [0, 0.1) is 0 Å². The molecule has 0 aromatic heterocycles. The van der Waals surface area contributed by atoms with E-state index in [1.54, 1.807) is 6.08 Å². The molecule has 4 heteroatoms. The lowest BCUT2D eigenvalue weighted by Crippen LogP contribution is -2.45. The molecule has 0 aromatic rings. The highest BCUT2D eigenvalue weighted by atomic mass is 16.3. The molecular formula is C62H123NO3. The Hall–Kier alpha value is -0.870. The highest BCUT2D eigenvalue weighted by Gasteiger charge is 2.18. The summed E-state index contributed by atoms with van der Waals surface area (Å²) in [5, 5.41) is 23.2. The van der Waals surface area contributed by atoms with Gasteiger partial charge in [0, 0.05) is 6.42 Å². The summed E-state index contributed by atoms with van der Waals surface area (Å²) in [5.74, 6) is -0.0546. The van der Waals surface area contributed by atoms with Crippen LogP contribution in [0.3, 0.4) is 0 Å². The number of carbonyl (C=O) groups excluding carboxylic acids is 1. The summed E-state index contributed by atoms with van der Waals surface area (Å²) in [7, 11) is 0. The van der Waals surface area contributed by atoms with Gasteiger partial charge in [0.2, 0.25) is 5.91 Å². The van der Waals surface area contributed by atoms with E-state index in [9.17, 15) is 15.0 Å². The molecule has 66 heavy (non-hydrogen) atoms. The number of rotatable bonds is 58. The van der Waals surface area contributed by atoms with Gasteiger partial charge in [-0.1, -0.05) is 347 Å². The van der Waals surface area contributed by atoms with E-state index in [2.05, 4.69) is 19.2 Å². The Bertz CT molecular complexity index is 921. The first-order valence-corrected chi connectivity index (χ1v) is 30.9. The molecule has 0 aliphatic rings. The first-order chi connectivity index (χ1) is 32.7. The molecule has 0 aromatic carbocycles. The van der Waals surface area contributed by atoms with Crippen molar-refractivity contribution in [1.29, 1.82) is 0 Å². The Balaban J connectivity index is 3.42. The predicted octanol–water partition coefficient (Wildman–Crippen LogP) is 20.5. The molecule has 2 atom stereocenters. The number of aliphatic hydroxyl groups excluding tert-OH is 2. The summed E-state index contributed by atoms with van der Waals surface area (Å²) in [6.45, 7) is 4.36. The molecule has 0 bridgehead atoms. The van der Waals surface area contributed by atoms with E-state index in [4.69, 9.17) is 0 Å². The second-order valence-electron chi connectivity index (χ2n) is 21.5. The minimum Gasteiger partial charge on any atom is -0.394 e. The Labute approximate surface area is 416 Å². The SMILES string of the molecule is CCCCCCCCCCCCCCCCCCCCCCCCCCCCCC/C=C/C(O)C(CO)NC(=O)CCCCCCCCCCCCCCCCCCCCCCCCCC. The van der Waals surface area contributed by atoms with Crippen molar-refractivity contribution >= 4 is 5.91 Å².